The third-order valence-electron chi connectivity index (χ3n) is 3.92. The van der Waals surface area contributed by atoms with Gasteiger partial charge in [-0.05, 0) is 43.3 Å². The summed E-state index contributed by atoms with van der Waals surface area (Å²) in [4.78, 5) is 37.4. The lowest BCUT2D eigenvalue weighted by Gasteiger charge is -2.32. The van der Waals surface area contributed by atoms with Gasteiger partial charge in [0.25, 0.3) is 5.91 Å². The fourth-order valence-electron chi connectivity index (χ4n) is 2.63. The van der Waals surface area contributed by atoms with Crippen LogP contribution in [0, 0.1) is 0 Å². The van der Waals surface area contributed by atoms with Crippen LogP contribution in [-0.4, -0.2) is 35.5 Å². The van der Waals surface area contributed by atoms with Gasteiger partial charge in [-0.3, -0.25) is 14.5 Å². The van der Waals surface area contributed by atoms with Crippen molar-refractivity contribution in [1.29, 1.82) is 0 Å². The van der Waals surface area contributed by atoms with Crippen molar-refractivity contribution >= 4 is 52.4 Å². The third-order valence-corrected chi connectivity index (χ3v) is 4.48. The smallest absolute Gasteiger partial charge is 0.335 e. The van der Waals surface area contributed by atoms with Gasteiger partial charge in [-0.2, -0.15) is 0 Å². The van der Waals surface area contributed by atoms with Gasteiger partial charge in [0.1, 0.15) is 12.3 Å². The van der Waals surface area contributed by atoms with Gasteiger partial charge < -0.3 is 15.2 Å². The standard InChI is InChI=1S/C18H14Cl2N2O5/c1-9-17(24)22(14-6-10(18(25)26)2-5-15(14)27-9)8-16(23)21-13-7-11(19)3-4-12(13)20/h2-7,9H,8H2,1H3,(H,21,23)(H,25,26). The number of carboxylic acids is 1. The Kier molecular flexibility index (Phi) is 5.25. The van der Waals surface area contributed by atoms with E-state index in [0.29, 0.717) is 21.5 Å². The van der Waals surface area contributed by atoms with Crippen LogP contribution < -0.4 is 15.0 Å². The van der Waals surface area contributed by atoms with Crippen LogP contribution in [0.5, 0.6) is 5.75 Å². The molecule has 0 bridgehead atoms. The number of ether oxygens (including phenoxy) is 1. The number of nitrogens with zero attached hydrogens (tertiary/aromatic N) is 1. The van der Waals surface area contributed by atoms with Crippen molar-refractivity contribution in [1.82, 2.24) is 0 Å². The molecule has 0 saturated carbocycles. The molecule has 1 atom stereocenters. The maximum absolute atomic E-state index is 12.5. The molecule has 2 amide bonds. The maximum Gasteiger partial charge on any atom is 0.335 e. The Morgan fingerprint density at radius 1 is 1.22 bits per heavy atom. The number of halogens is 2. The minimum Gasteiger partial charge on any atom is -0.479 e. The van der Waals surface area contributed by atoms with E-state index in [1.54, 1.807) is 13.0 Å². The molecule has 0 spiro atoms. The molecule has 0 aliphatic carbocycles. The van der Waals surface area contributed by atoms with Crippen LogP contribution in [0.2, 0.25) is 10.0 Å². The number of carbonyl (C=O) groups is 3. The van der Waals surface area contributed by atoms with E-state index in [0.717, 1.165) is 0 Å². The Morgan fingerprint density at radius 3 is 2.67 bits per heavy atom. The second-order valence-corrected chi connectivity index (χ2v) is 6.69. The molecule has 27 heavy (non-hydrogen) atoms. The molecule has 0 saturated heterocycles. The Morgan fingerprint density at radius 2 is 1.96 bits per heavy atom. The zero-order chi connectivity index (χ0) is 19.7. The van der Waals surface area contributed by atoms with Crippen LogP contribution in [0.4, 0.5) is 11.4 Å². The molecule has 9 heteroatoms. The molecular formula is C18H14Cl2N2O5. The summed E-state index contributed by atoms with van der Waals surface area (Å²) in [5.74, 6) is -1.81. The van der Waals surface area contributed by atoms with E-state index < -0.39 is 23.9 Å². The zero-order valence-electron chi connectivity index (χ0n) is 14.0. The average molecular weight is 409 g/mol. The number of benzene rings is 2. The first-order chi connectivity index (χ1) is 12.8. The Balaban J connectivity index is 1.88. The van der Waals surface area contributed by atoms with Crippen LogP contribution in [0.1, 0.15) is 17.3 Å². The first-order valence-corrected chi connectivity index (χ1v) is 8.62. The molecule has 140 valence electrons. The molecular weight excluding hydrogens is 395 g/mol. The highest BCUT2D eigenvalue weighted by molar-refractivity contribution is 6.35. The monoisotopic (exact) mass is 408 g/mol. The summed E-state index contributed by atoms with van der Waals surface area (Å²) in [5.41, 5.74) is 0.496. The number of carboxylic acid groups (broad SMARTS) is 1. The molecule has 1 aliphatic rings. The van der Waals surface area contributed by atoms with E-state index in [9.17, 15) is 19.5 Å². The zero-order valence-corrected chi connectivity index (χ0v) is 15.5. The summed E-state index contributed by atoms with van der Waals surface area (Å²) in [7, 11) is 0. The molecule has 1 unspecified atom stereocenters. The summed E-state index contributed by atoms with van der Waals surface area (Å²) in [6, 6.07) is 8.73. The molecule has 0 fully saturated rings. The van der Waals surface area contributed by atoms with Gasteiger partial charge in [0.15, 0.2) is 6.10 Å². The molecule has 0 aromatic heterocycles. The molecule has 2 N–H and O–H groups in total. The van der Waals surface area contributed by atoms with Crippen molar-refractivity contribution in [2.24, 2.45) is 0 Å². The highest BCUT2D eigenvalue weighted by Gasteiger charge is 2.33. The van der Waals surface area contributed by atoms with Gasteiger partial charge in [-0.1, -0.05) is 23.2 Å². The molecule has 7 nitrogen and oxygen atoms in total. The number of nitrogens with one attached hydrogen (secondary N) is 1. The predicted molar refractivity (Wildman–Crippen MR) is 101 cm³/mol. The summed E-state index contributed by atoms with van der Waals surface area (Å²) in [6.45, 7) is 1.21. The van der Waals surface area contributed by atoms with Crippen LogP contribution >= 0.6 is 23.2 Å². The van der Waals surface area contributed by atoms with Crippen molar-refractivity contribution in [3.05, 3.63) is 52.0 Å². The Bertz CT molecular complexity index is 947. The number of aromatic carboxylic acids is 1. The van der Waals surface area contributed by atoms with Gasteiger partial charge in [-0.15, -0.1) is 0 Å². The van der Waals surface area contributed by atoms with Crippen molar-refractivity contribution in [3.63, 3.8) is 0 Å². The van der Waals surface area contributed by atoms with Crippen molar-refractivity contribution in [3.8, 4) is 5.75 Å². The topological polar surface area (TPSA) is 95.9 Å². The van der Waals surface area contributed by atoms with Crippen LogP contribution in [0.3, 0.4) is 0 Å². The molecule has 1 aliphatic heterocycles. The van der Waals surface area contributed by atoms with Crippen molar-refractivity contribution in [2.45, 2.75) is 13.0 Å². The van der Waals surface area contributed by atoms with Crippen molar-refractivity contribution < 1.29 is 24.2 Å². The van der Waals surface area contributed by atoms with Gasteiger partial charge in [0, 0.05) is 5.02 Å². The number of amides is 2. The summed E-state index contributed by atoms with van der Waals surface area (Å²) < 4.78 is 5.49. The average Bonchev–Trinajstić information content (AvgIpc) is 2.61. The maximum atomic E-state index is 12.5. The number of fused-ring (bicyclic) bond motifs is 1. The molecule has 2 aromatic carbocycles. The molecule has 0 radical (unpaired) electrons. The number of anilines is 2. The minimum absolute atomic E-state index is 0.0250. The van der Waals surface area contributed by atoms with E-state index >= 15 is 0 Å². The van der Waals surface area contributed by atoms with Gasteiger partial charge >= 0.3 is 5.97 Å². The first-order valence-electron chi connectivity index (χ1n) is 7.86. The Hall–Kier alpha value is -2.77. The molecule has 1 heterocycles. The second-order valence-electron chi connectivity index (χ2n) is 5.84. The quantitative estimate of drug-likeness (QED) is 0.807. The predicted octanol–water partition coefficient (Wildman–Crippen LogP) is 3.44. The lowest BCUT2D eigenvalue weighted by atomic mass is 10.1. The lowest BCUT2D eigenvalue weighted by Crippen LogP contribution is -2.47. The number of hydrogen-bond donors (Lipinski definition) is 2. The van der Waals surface area contributed by atoms with Crippen molar-refractivity contribution in [2.75, 3.05) is 16.8 Å². The fourth-order valence-corrected chi connectivity index (χ4v) is 2.97. The van der Waals surface area contributed by atoms with E-state index in [1.807, 2.05) is 0 Å². The summed E-state index contributed by atoms with van der Waals surface area (Å²) in [6.07, 6.45) is -0.810. The second kappa shape index (κ2) is 7.46. The first kappa shape index (κ1) is 19.0. The normalized spacial score (nSPS) is 15.7. The largest absolute Gasteiger partial charge is 0.479 e. The fraction of sp³-hybridized carbons (Fsp3) is 0.167. The number of rotatable bonds is 4. The highest BCUT2D eigenvalue weighted by Crippen LogP contribution is 2.35. The van der Waals surface area contributed by atoms with Gasteiger partial charge in [0.05, 0.1) is 22.0 Å². The molecule has 2 aromatic rings. The third kappa shape index (κ3) is 3.99. The van der Waals surface area contributed by atoms with Crippen LogP contribution in [0.25, 0.3) is 0 Å². The van der Waals surface area contributed by atoms with E-state index in [-0.39, 0.29) is 17.8 Å². The van der Waals surface area contributed by atoms with Crippen LogP contribution in [-0.2, 0) is 9.59 Å². The van der Waals surface area contributed by atoms with E-state index in [1.165, 1.54) is 35.2 Å². The minimum atomic E-state index is -1.15. The summed E-state index contributed by atoms with van der Waals surface area (Å²) >= 11 is 11.9. The van der Waals surface area contributed by atoms with Gasteiger partial charge in [-0.25, -0.2) is 4.79 Å². The number of carbonyl (C=O) groups excluding carboxylic acids is 2. The number of hydrogen-bond acceptors (Lipinski definition) is 4. The van der Waals surface area contributed by atoms with Crippen LogP contribution in [0.15, 0.2) is 36.4 Å². The Labute approximate surface area is 164 Å². The highest BCUT2D eigenvalue weighted by atomic mass is 35.5. The molecule has 3 rings (SSSR count). The van der Waals surface area contributed by atoms with Gasteiger partial charge in [0.2, 0.25) is 5.91 Å². The summed E-state index contributed by atoms with van der Waals surface area (Å²) in [5, 5.41) is 12.5. The lowest BCUT2D eigenvalue weighted by molar-refractivity contribution is -0.127. The van der Waals surface area contributed by atoms with E-state index in [4.69, 9.17) is 27.9 Å². The SMILES string of the molecule is CC1Oc2ccc(C(=O)O)cc2N(CC(=O)Nc2cc(Cl)ccc2Cl)C1=O. The van der Waals surface area contributed by atoms with E-state index in [2.05, 4.69) is 5.32 Å².